The van der Waals surface area contributed by atoms with Crippen molar-refractivity contribution in [2.75, 3.05) is 17.2 Å². The van der Waals surface area contributed by atoms with Crippen LogP contribution in [0.3, 0.4) is 0 Å². The van der Waals surface area contributed by atoms with Gasteiger partial charge in [-0.3, -0.25) is 9.59 Å². The van der Waals surface area contributed by atoms with E-state index in [1.165, 1.54) is 12.1 Å². The van der Waals surface area contributed by atoms with Crippen molar-refractivity contribution in [3.8, 4) is 0 Å². The van der Waals surface area contributed by atoms with Crippen molar-refractivity contribution >= 4 is 23.2 Å². The molecule has 0 aliphatic carbocycles. The highest BCUT2D eigenvalue weighted by Gasteiger charge is 2.10. The van der Waals surface area contributed by atoms with Crippen LogP contribution in [0.15, 0.2) is 42.5 Å². The van der Waals surface area contributed by atoms with E-state index in [-0.39, 0.29) is 12.2 Å². The molecule has 0 radical (unpaired) electrons. The van der Waals surface area contributed by atoms with E-state index in [0.29, 0.717) is 16.8 Å². The number of hydrogen-bond acceptors (Lipinski definition) is 3. The zero-order valence-corrected chi connectivity index (χ0v) is 12.0. The number of hydrogen-bond donors (Lipinski definition) is 3. The smallest absolute Gasteiger partial charge is 0.249 e. The number of rotatable bonds is 5. The van der Waals surface area contributed by atoms with E-state index in [0.717, 1.165) is 0 Å². The second kappa shape index (κ2) is 6.71. The molecule has 2 amide bonds. The zero-order chi connectivity index (χ0) is 16.1. The predicted octanol–water partition coefficient (Wildman–Crippen LogP) is 2.28. The third-order valence-corrected chi connectivity index (χ3v) is 3.19. The van der Waals surface area contributed by atoms with Crippen LogP contribution in [-0.2, 0) is 4.79 Å². The summed E-state index contributed by atoms with van der Waals surface area (Å²) in [4.78, 5) is 23.1. The van der Waals surface area contributed by atoms with Gasteiger partial charge in [0, 0.05) is 11.3 Å². The van der Waals surface area contributed by atoms with E-state index in [2.05, 4.69) is 10.6 Å². The minimum Gasteiger partial charge on any atom is -0.376 e. The molecule has 0 aliphatic heterocycles. The molecule has 0 saturated heterocycles. The third kappa shape index (κ3) is 3.60. The number of primary amides is 1. The molecule has 2 rings (SSSR count). The molecule has 4 N–H and O–H groups in total. The minimum absolute atomic E-state index is 0.0581. The van der Waals surface area contributed by atoms with Gasteiger partial charge >= 0.3 is 0 Å². The molecule has 5 nitrogen and oxygen atoms in total. The number of benzene rings is 2. The van der Waals surface area contributed by atoms with Crippen LogP contribution < -0.4 is 16.4 Å². The van der Waals surface area contributed by atoms with Gasteiger partial charge in [0.1, 0.15) is 5.82 Å². The molecule has 0 atom stereocenters. The Morgan fingerprint density at radius 3 is 2.45 bits per heavy atom. The highest BCUT2D eigenvalue weighted by Crippen LogP contribution is 2.18. The van der Waals surface area contributed by atoms with Crippen molar-refractivity contribution in [1.82, 2.24) is 0 Å². The molecule has 2 aromatic rings. The van der Waals surface area contributed by atoms with E-state index in [9.17, 15) is 14.0 Å². The minimum atomic E-state index is -0.531. The summed E-state index contributed by atoms with van der Waals surface area (Å²) in [6.07, 6.45) is 0. The second-order valence-corrected chi connectivity index (χ2v) is 4.72. The van der Waals surface area contributed by atoms with Crippen molar-refractivity contribution in [1.29, 1.82) is 0 Å². The monoisotopic (exact) mass is 301 g/mol. The van der Waals surface area contributed by atoms with Crippen molar-refractivity contribution in [2.24, 2.45) is 5.73 Å². The molecule has 6 heteroatoms. The fourth-order valence-corrected chi connectivity index (χ4v) is 2.03. The molecule has 0 saturated carbocycles. The summed E-state index contributed by atoms with van der Waals surface area (Å²) in [5.41, 5.74) is 7.07. The van der Waals surface area contributed by atoms with Gasteiger partial charge in [0.15, 0.2) is 0 Å². The lowest BCUT2D eigenvalue weighted by Gasteiger charge is -2.12. The summed E-state index contributed by atoms with van der Waals surface area (Å²) >= 11 is 0. The Hall–Kier alpha value is -2.89. The quantitative estimate of drug-likeness (QED) is 0.792. The normalized spacial score (nSPS) is 10.1. The molecule has 0 fully saturated rings. The number of nitrogens with two attached hydrogens (primary N) is 1. The van der Waals surface area contributed by atoms with E-state index in [1.54, 1.807) is 37.3 Å². The molecular formula is C16H16FN3O2. The number of nitrogens with one attached hydrogen (secondary N) is 2. The van der Waals surface area contributed by atoms with Gasteiger partial charge in [-0.1, -0.05) is 18.2 Å². The predicted molar refractivity (Wildman–Crippen MR) is 83.2 cm³/mol. The van der Waals surface area contributed by atoms with Crippen molar-refractivity contribution in [3.63, 3.8) is 0 Å². The first-order valence-electron chi connectivity index (χ1n) is 6.66. The highest BCUT2D eigenvalue weighted by atomic mass is 19.1. The lowest BCUT2D eigenvalue weighted by atomic mass is 10.1. The first-order valence-corrected chi connectivity index (χ1v) is 6.66. The molecule has 2 aromatic carbocycles. The van der Waals surface area contributed by atoms with E-state index in [4.69, 9.17) is 5.73 Å². The first kappa shape index (κ1) is 15.5. The molecule has 22 heavy (non-hydrogen) atoms. The van der Waals surface area contributed by atoms with Gasteiger partial charge in [-0.25, -0.2) is 4.39 Å². The maximum Gasteiger partial charge on any atom is 0.249 e. The zero-order valence-electron chi connectivity index (χ0n) is 12.0. The molecule has 114 valence electrons. The molecule has 0 heterocycles. The fourth-order valence-electron chi connectivity index (χ4n) is 2.03. The van der Waals surface area contributed by atoms with E-state index < -0.39 is 17.6 Å². The summed E-state index contributed by atoms with van der Waals surface area (Å²) in [5.74, 6) is -1.42. The lowest BCUT2D eigenvalue weighted by Crippen LogP contribution is -2.23. The lowest BCUT2D eigenvalue weighted by molar-refractivity contribution is -0.114. The average Bonchev–Trinajstić information content (AvgIpc) is 2.48. The molecule has 0 unspecified atom stereocenters. The molecule has 0 bridgehead atoms. The van der Waals surface area contributed by atoms with Crippen molar-refractivity contribution in [2.45, 2.75) is 6.92 Å². The number of amides is 2. The average molecular weight is 301 g/mol. The van der Waals surface area contributed by atoms with Crippen LogP contribution in [0.4, 0.5) is 15.8 Å². The van der Waals surface area contributed by atoms with Crippen LogP contribution in [0.2, 0.25) is 0 Å². The van der Waals surface area contributed by atoms with E-state index >= 15 is 0 Å². The summed E-state index contributed by atoms with van der Waals surface area (Å²) in [7, 11) is 0. The van der Waals surface area contributed by atoms with Crippen LogP contribution >= 0.6 is 0 Å². The van der Waals surface area contributed by atoms with Gasteiger partial charge in [0.25, 0.3) is 0 Å². The van der Waals surface area contributed by atoms with Crippen molar-refractivity contribution in [3.05, 3.63) is 59.4 Å². The van der Waals surface area contributed by atoms with Crippen LogP contribution in [0.5, 0.6) is 0 Å². The maximum atomic E-state index is 13.4. The summed E-state index contributed by atoms with van der Waals surface area (Å²) < 4.78 is 13.4. The maximum absolute atomic E-state index is 13.4. The van der Waals surface area contributed by atoms with Gasteiger partial charge in [-0.2, -0.15) is 0 Å². The Kier molecular flexibility index (Phi) is 4.73. The molecule has 0 aliphatic rings. The number of halogens is 1. The summed E-state index contributed by atoms with van der Waals surface area (Å²) in [6, 6.07) is 10.9. The second-order valence-electron chi connectivity index (χ2n) is 4.72. The van der Waals surface area contributed by atoms with Crippen LogP contribution in [-0.4, -0.2) is 18.4 Å². The summed E-state index contributed by atoms with van der Waals surface area (Å²) in [6.45, 7) is 1.68. The third-order valence-electron chi connectivity index (χ3n) is 3.19. The van der Waals surface area contributed by atoms with Gasteiger partial charge in [0.05, 0.1) is 12.2 Å². The van der Waals surface area contributed by atoms with Gasteiger partial charge in [-0.15, -0.1) is 0 Å². The molecular weight excluding hydrogens is 285 g/mol. The van der Waals surface area contributed by atoms with Gasteiger partial charge in [0.2, 0.25) is 11.8 Å². The Balaban J connectivity index is 2.02. The Labute approximate surface area is 127 Å². The number of carbonyl (C=O) groups is 2. The van der Waals surface area contributed by atoms with Crippen LogP contribution in [0.25, 0.3) is 0 Å². The number of anilines is 2. The Bertz CT molecular complexity index is 716. The number of para-hydroxylation sites is 1. The fraction of sp³-hybridized carbons (Fsp3) is 0.125. The Morgan fingerprint density at radius 2 is 1.77 bits per heavy atom. The SMILES string of the molecule is Cc1c(NCC(=O)Nc2ccccc2F)cccc1C(N)=O. The first-order chi connectivity index (χ1) is 10.5. The van der Waals surface area contributed by atoms with Crippen LogP contribution in [0, 0.1) is 12.7 Å². The number of carbonyl (C=O) groups excluding carboxylic acids is 2. The van der Waals surface area contributed by atoms with Gasteiger partial charge in [-0.05, 0) is 36.8 Å². The summed E-state index contributed by atoms with van der Waals surface area (Å²) in [5, 5.41) is 5.37. The van der Waals surface area contributed by atoms with Crippen molar-refractivity contribution < 1.29 is 14.0 Å². The van der Waals surface area contributed by atoms with Gasteiger partial charge < -0.3 is 16.4 Å². The standard InChI is InChI=1S/C16H16FN3O2/c1-10-11(16(18)22)5-4-8-13(10)19-9-15(21)20-14-7-3-2-6-12(14)17/h2-8,19H,9H2,1H3,(H2,18,22)(H,20,21). The Morgan fingerprint density at radius 1 is 1.09 bits per heavy atom. The van der Waals surface area contributed by atoms with E-state index in [1.807, 2.05) is 0 Å². The molecule has 0 aromatic heterocycles. The topological polar surface area (TPSA) is 84.2 Å². The largest absolute Gasteiger partial charge is 0.376 e. The molecule has 0 spiro atoms. The van der Waals surface area contributed by atoms with Crippen LogP contribution in [0.1, 0.15) is 15.9 Å². The highest BCUT2D eigenvalue weighted by molar-refractivity contribution is 5.97.